The first-order valence-corrected chi connectivity index (χ1v) is 14.7. The molecule has 0 aliphatic carbocycles. The van der Waals surface area contributed by atoms with Crippen LogP contribution < -0.4 is 0 Å². The second kappa shape index (κ2) is 11.0. The van der Waals surface area contributed by atoms with E-state index in [0.29, 0.717) is 28.6 Å². The zero-order valence-electron chi connectivity index (χ0n) is 24.1. The van der Waals surface area contributed by atoms with Gasteiger partial charge in [0.05, 0.1) is 17.2 Å². The average molecular weight is 577 g/mol. The van der Waals surface area contributed by atoms with Crippen LogP contribution in [-0.2, 0) is 0 Å². The fraction of sp³-hybridized carbons (Fsp3) is 0. The second-order valence-corrected chi connectivity index (χ2v) is 10.7. The molecule has 0 amide bonds. The fourth-order valence-corrected chi connectivity index (χ4v) is 5.85. The molecule has 210 valence electrons. The third-order valence-electron chi connectivity index (χ3n) is 8.01. The summed E-state index contributed by atoms with van der Waals surface area (Å²) >= 11 is 0. The number of rotatable bonds is 5. The van der Waals surface area contributed by atoms with Crippen LogP contribution >= 0.6 is 0 Å². The molecular formula is C40H24N4O. The molecule has 0 saturated heterocycles. The van der Waals surface area contributed by atoms with Crippen molar-refractivity contribution < 1.29 is 4.42 Å². The maximum atomic E-state index is 9.38. The molecule has 0 aliphatic rings. The van der Waals surface area contributed by atoms with E-state index in [9.17, 15) is 5.26 Å². The van der Waals surface area contributed by atoms with Crippen molar-refractivity contribution in [2.45, 2.75) is 0 Å². The summed E-state index contributed by atoms with van der Waals surface area (Å²) in [5.74, 6) is 1.69. The maximum Gasteiger partial charge on any atom is 0.168 e. The highest BCUT2D eigenvalue weighted by atomic mass is 16.3. The Kier molecular flexibility index (Phi) is 6.44. The van der Waals surface area contributed by atoms with Crippen LogP contribution in [-0.4, -0.2) is 15.0 Å². The number of nitrogens with zero attached hydrogens (tertiary/aromatic N) is 4. The molecule has 0 fully saturated rings. The smallest absolute Gasteiger partial charge is 0.168 e. The molecule has 8 rings (SSSR count). The first-order chi connectivity index (χ1) is 22.3. The highest BCUT2D eigenvalue weighted by Gasteiger charge is 2.23. The van der Waals surface area contributed by atoms with Gasteiger partial charge in [-0.25, -0.2) is 15.0 Å². The molecule has 6 aromatic carbocycles. The summed E-state index contributed by atoms with van der Waals surface area (Å²) in [7, 11) is 0. The lowest BCUT2D eigenvalue weighted by Crippen LogP contribution is -2.01. The molecule has 0 spiro atoms. The summed E-state index contributed by atoms with van der Waals surface area (Å²) < 4.78 is 6.63. The lowest BCUT2D eigenvalue weighted by atomic mass is 9.90. The molecule has 2 heterocycles. The molecule has 0 N–H and O–H groups in total. The maximum absolute atomic E-state index is 9.38. The quantitative estimate of drug-likeness (QED) is 0.204. The Morgan fingerprint density at radius 1 is 0.444 bits per heavy atom. The molecule has 0 radical (unpaired) electrons. The summed E-state index contributed by atoms with van der Waals surface area (Å²) in [6, 6.07) is 50.4. The molecule has 5 nitrogen and oxygen atoms in total. The summed E-state index contributed by atoms with van der Waals surface area (Å²) in [5, 5.41) is 11.4. The molecule has 0 atom stereocenters. The minimum atomic E-state index is 0.525. The van der Waals surface area contributed by atoms with E-state index < -0.39 is 0 Å². The largest absolute Gasteiger partial charge is 0.455 e. The highest BCUT2D eigenvalue weighted by Crippen LogP contribution is 2.44. The summed E-state index contributed by atoms with van der Waals surface area (Å²) in [6.07, 6.45) is 0. The molecule has 0 aliphatic heterocycles. The van der Waals surface area contributed by atoms with Gasteiger partial charge in [0.25, 0.3) is 0 Å². The highest BCUT2D eigenvalue weighted by molar-refractivity contribution is 6.12. The van der Waals surface area contributed by atoms with E-state index in [4.69, 9.17) is 19.4 Å². The van der Waals surface area contributed by atoms with Gasteiger partial charge >= 0.3 is 0 Å². The molecule has 0 bridgehead atoms. The van der Waals surface area contributed by atoms with Crippen LogP contribution in [0.25, 0.3) is 78.4 Å². The zero-order chi connectivity index (χ0) is 30.2. The normalized spacial score (nSPS) is 11.1. The Balaban J connectivity index is 1.46. The number of fused-ring (bicyclic) bond motifs is 3. The molecule has 0 unspecified atom stereocenters. The van der Waals surface area contributed by atoms with Crippen molar-refractivity contribution in [1.82, 2.24) is 15.0 Å². The second-order valence-electron chi connectivity index (χ2n) is 10.7. The Morgan fingerprint density at radius 2 is 1.02 bits per heavy atom. The van der Waals surface area contributed by atoms with Crippen molar-refractivity contribution in [3.8, 4) is 62.5 Å². The van der Waals surface area contributed by atoms with E-state index in [-0.39, 0.29) is 0 Å². The van der Waals surface area contributed by atoms with E-state index in [1.54, 1.807) is 0 Å². The lowest BCUT2D eigenvalue weighted by Gasteiger charge is -2.15. The minimum Gasteiger partial charge on any atom is -0.455 e. The van der Waals surface area contributed by atoms with Crippen LogP contribution in [0.3, 0.4) is 0 Å². The number of nitriles is 1. The number of para-hydroxylation sites is 1. The van der Waals surface area contributed by atoms with Crippen molar-refractivity contribution in [2.75, 3.05) is 0 Å². The van der Waals surface area contributed by atoms with Crippen molar-refractivity contribution in [2.24, 2.45) is 0 Å². The average Bonchev–Trinajstić information content (AvgIpc) is 3.50. The first-order valence-electron chi connectivity index (χ1n) is 14.7. The van der Waals surface area contributed by atoms with Crippen molar-refractivity contribution in [1.29, 1.82) is 5.26 Å². The van der Waals surface area contributed by atoms with Gasteiger partial charge in [-0.05, 0) is 46.5 Å². The molecule has 8 aromatic rings. The molecule has 2 aromatic heterocycles. The number of hydrogen-bond acceptors (Lipinski definition) is 5. The van der Waals surface area contributed by atoms with Crippen molar-refractivity contribution in [3.63, 3.8) is 0 Å². The molecule has 0 saturated carbocycles. The Bertz CT molecular complexity index is 2310. The summed E-state index contributed by atoms with van der Waals surface area (Å²) in [5.41, 5.74) is 8.69. The van der Waals surface area contributed by atoms with E-state index in [1.165, 1.54) is 0 Å². The molecule has 5 heteroatoms. The third kappa shape index (κ3) is 4.71. The topological polar surface area (TPSA) is 75.6 Å². The van der Waals surface area contributed by atoms with Gasteiger partial charge in [0.1, 0.15) is 11.2 Å². The van der Waals surface area contributed by atoms with E-state index in [2.05, 4.69) is 36.4 Å². The van der Waals surface area contributed by atoms with Crippen LogP contribution in [0.4, 0.5) is 0 Å². The molecule has 45 heavy (non-hydrogen) atoms. The Hall–Kier alpha value is -6.38. The summed E-state index contributed by atoms with van der Waals surface area (Å²) in [4.78, 5) is 15.2. The van der Waals surface area contributed by atoms with Gasteiger partial charge in [-0.2, -0.15) is 5.26 Å². The Morgan fingerprint density at radius 3 is 1.69 bits per heavy atom. The van der Waals surface area contributed by atoms with E-state index in [1.807, 2.05) is 115 Å². The van der Waals surface area contributed by atoms with Gasteiger partial charge in [-0.15, -0.1) is 0 Å². The van der Waals surface area contributed by atoms with Gasteiger partial charge < -0.3 is 4.42 Å². The standard InChI is InChI=1S/C40H24N4O/c41-25-26-19-21-27(22-20-26)30-15-7-8-16-31(30)33-23-24-34-32-17-9-10-18-35(32)45-37(34)36(33)40-43-38(28-11-3-1-4-12-28)42-39(44-40)29-13-5-2-6-14-29/h1-24H. The summed E-state index contributed by atoms with van der Waals surface area (Å²) in [6.45, 7) is 0. The Labute approximate surface area is 259 Å². The van der Waals surface area contributed by atoms with Crippen LogP contribution in [0.15, 0.2) is 150 Å². The van der Waals surface area contributed by atoms with Gasteiger partial charge in [0.2, 0.25) is 0 Å². The lowest BCUT2D eigenvalue weighted by molar-refractivity contribution is 0.669. The predicted molar refractivity (Wildman–Crippen MR) is 179 cm³/mol. The third-order valence-corrected chi connectivity index (χ3v) is 8.01. The number of aromatic nitrogens is 3. The van der Waals surface area contributed by atoms with Gasteiger partial charge in [-0.3, -0.25) is 0 Å². The van der Waals surface area contributed by atoms with Gasteiger partial charge in [0.15, 0.2) is 17.5 Å². The van der Waals surface area contributed by atoms with Crippen LogP contribution in [0, 0.1) is 11.3 Å². The van der Waals surface area contributed by atoms with E-state index in [0.717, 1.165) is 55.3 Å². The SMILES string of the molecule is N#Cc1ccc(-c2ccccc2-c2ccc3c(oc4ccccc43)c2-c2nc(-c3ccccc3)nc(-c3ccccc3)n2)cc1. The minimum absolute atomic E-state index is 0.525. The number of hydrogen-bond donors (Lipinski definition) is 0. The predicted octanol–water partition coefficient (Wildman–Crippen LogP) is 9.98. The van der Waals surface area contributed by atoms with Crippen LogP contribution in [0.1, 0.15) is 5.56 Å². The number of furan rings is 1. The monoisotopic (exact) mass is 576 g/mol. The molecular weight excluding hydrogens is 552 g/mol. The first kappa shape index (κ1) is 26.3. The zero-order valence-corrected chi connectivity index (χ0v) is 24.1. The van der Waals surface area contributed by atoms with Crippen LogP contribution in [0.2, 0.25) is 0 Å². The van der Waals surface area contributed by atoms with E-state index >= 15 is 0 Å². The van der Waals surface area contributed by atoms with Crippen molar-refractivity contribution in [3.05, 3.63) is 151 Å². The van der Waals surface area contributed by atoms with Crippen molar-refractivity contribution >= 4 is 21.9 Å². The number of benzene rings is 6. The van der Waals surface area contributed by atoms with Gasteiger partial charge in [-0.1, -0.05) is 121 Å². The van der Waals surface area contributed by atoms with Gasteiger partial charge in [0, 0.05) is 21.9 Å². The fourth-order valence-electron chi connectivity index (χ4n) is 5.85. The van der Waals surface area contributed by atoms with Crippen LogP contribution in [0.5, 0.6) is 0 Å².